The number of rotatable bonds is 14. The Morgan fingerprint density at radius 2 is 0.705 bits per heavy atom. The maximum Gasteiger partial charge on any atom is 0.306 e. The maximum atomic E-state index is 11.6. The molecule has 24 heteroatoms. The van der Waals surface area contributed by atoms with Gasteiger partial charge in [-0.05, 0) is 241 Å². The van der Waals surface area contributed by atoms with Crippen molar-refractivity contribution in [1.82, 2.24) is 60.0 Å². The fourth-order valence-electron chi connectivity index (χ4n) is 15.5. The molecule has 14 rings (SSSR count). The molecule has 0 saturated carbocycles. The van der Waals surface area contributed by atoms with Gasteiger partial charge in [-0.15, -0.1) is 45.0 Å². The molecule has 0 aliphatic heterocycles. The van der Waals surface area contributed by atoms with Crippen LogP contribution < -0.4 is 0 Å². The smallest absolute Gasteiger partial charge is 0.306 e. The van der Waals surface area contributed by atoms with E-state index < -0.39 is 0 Å². The van der Waals surface area contributed by atoms with Crippen molar-refractivity contribution >= 4 is 79.3 Å². The average molecular weight is 1840 g/mol. The summed E-state index contributed by atoms with van der Waals surface area (Å²) >= 11 is 12.0. The molecule has 132 heavy (non-hydrogen) atoms. The Bertz CT molecular complexity index is 6280. The number of aromatic nitrogens is 12. The van der Waals surface area contributed by atoms with E-state index in [0.717, 1.165) is 106 Å². The highest BCUT2D eigenvalue weighted by molar-refractivity contribution is 6.31. The highest BCUT2D eigenvalue weighted by Gasteiger charge is 2.33. The summed E-state index contributed by atoms with van der Waals surface area (Å²) in [4.78, 5) is 29.0. The van der Waals surface area contributed by atoms with Gasteiger partial charge in [-0.3, -0.25) is 9.59 Å². The van der Waals surface area contributed by atoms with Crippen molar-refractivity contribution in [1.29, 1.82) is 0 Å². The third-order valence-corrected chi connectivity index (χ3v) is 22.8. The zero-order valence-electron chi connectivity index (χ0n) is 83.1. The molecule has 14 aromatic rings. The third kappa shape index (κ3) is 27.4. The van der Waals surface area contributed by atoms with E-state index in [4.69, 9.17) is 32.7 Å². The quantitative estimate of drug-likeness (QED) is 0.0551. The predicted octanol–water partition coefficient (Wildman–Crippen LogP) is 25.7. The number of halogens is 2. The van der Waals surface area contributed by atoms with Gasteiger partial charge in [0.25, 0.3) is 0 Å². The summed E-state index contributed by atoms with van der Waals surface area (Å²) in [5.41, 5.74) is 20.2. The lowest BCUT2D eigenvalue weighted by Gasteiger charge is -2.33. The number of esters is 2. The van der Waals surface area contributed by atoms with Crippen molar-refractivity contribution < 1.29 is 49.7 Å². The highest BCUT2D eigenvalue weighted by atomic mass is 35.5. The number of fused-ring (bicyclic) bond motifs is 4. The Morgan fingerprint density at radius 1 is 0.348 bits per heavy atom. The van der Waals surface area contributed by atoms with Crippen molar-refractivity contribution in [3.63, 3.8) is 0 Å². The van der Waals surface area contributed by atoms with Crippen LogP contribution in [-0.4, -0.2) is 116 Å². The molecule has 704 valence electrons. The Balaban J connectivity index is 0.000000179. The Hall–Kier alpha value is -11.9. The van der Waals surface area contributed by atoms with Gasteiger partial charge in [-0.1, -0.05) is 276 Å². The SMILES string of the molecule is CC(C)(C)CC(C)(C)c1ccc(O)c(Cn2nc3ccccc3n2)c1.CC(C)(C)c1cc(-n2nc3ccc(Cl)cc3n2)c(O)c(C(C)(C)C)c1.CCOC(=O)CCc1cc(C(C)(C)C)c(O)c(C(C)(C)C)c1.COC(=O)CCc1cc(C(C)(C)C)c(O)c(C(C)(C)C)c1.Cc1cc(-n2nc3ccc(Cl)cc3n2)c(O)c(C(C)(C)C)c1.Cc1ccc(O)c(-n2nc3ccccc3n2)c1. The summed E-state index contributed by atoms with van der Waals surface area (Å²) in [7, 11) is 1.40. The summed E-state index contributed by atoms with van der Waals surface area (Å²) in [6.45, 7) is 61.9. The molecular formula is C108H138Cl2N12O10. The standard InChI is InChI=1S/C21H27N3O.C20H24ClN3O.C19H30O3.C18H28O3.C17H18ClN3O.C13H11N3O/c1-20(2,3)14-21(4,5)16-10-11-19(25)15(12-16)13-24-22-17-8-6-7-9-18(17)23-24;1-19(2,3)12-9-14(20(4,5)6)18(25)17(10-12)24-22-15-8-7-13(21)11-16(15)23-24;1-8-22-16(20)10-9-13-11-14(18(2,3)4)17(21)15(12-13)19(5,6)7;1-17(2,3)13-10-12(8-9-15(19)21-7)11-14(16(13)20)18(4,5)6;1-10-7-12(17(2,3)4)16(22)15(8-10)21-19-13-6-5-11(18)9-14(13)20-21;1-9-6-7-13(17)12(8-9)16-14-10-4-2-3-5-11(10)15-16/h6-12,25H,13-14H2,1-5H3;7-11,25H,1-6H3;11-12,21H,8-10H2,1-7H3;10-11,20H,8-9H2,1-7H3;5-9,22H,1-4H3;2-8,17H,1H3. The molecule has 6 N–H and O–H groups in total. The summed E-state index contributed by atoms with van der Waals surface area (Å²) in [5, 5.41) is 99.7. The largest absolute Gasteiger partial charge is 0.508 e. The number of carbonyl (C=O) groups is 2. The minimum Gasteiger partial charge on any atom is -0.508 e. The molecule has 0 spiro atoms. The lowest BCUT2D eigenvalue weighted by atomic mass is 9.72. The fraction of sp³-hybridized carbons (Fsp3) is 0.426. The zero-order valence-corrected chi connectivity index (χ0v) is 84.6. The number of hydrogen-bond acceptors (Lipinski definition) is 18. The molecule has 0 amide bonds. The van der Waals surface area contributed by atoms with Crippen molar-refractivity contribution in [2.45, 2.75) is 283 Å². The minimum atomic E-state index is -0.210. The fourth-order valence-corrected chi connectivity index (χ4v) is 15.8. The summed E-state index contributed by atoms with van der Waals surface area (Å²) < 4.78 is 9.70. The minimum absolute atomic E-state index is 0.0307. The molecule has 0 aliphatic carbocycles. The molecule has 0 bridgehead atoms. The Morgan fingerprint density at radius 3 is 1.10 bits per heavy atom. The van der Waals surface area contributed by atoms with E-state index in [1.165, 1.54) is 27.1 Å². The van der Waals surface area contributed by atoms with Crippen LogP contribution in [0.1, 0.15) is 279 Å². The van der Waals surface area contributed by atoms with E-state index in [-0.39, 0.29) is 83.7 Å². The van der Waals surface area contributed by atoms with E-state index in [9.17, 15) is 40.2 Å². The average Bonchev–Trinajstić information content (AvgIpc) is 1.52. The number of aromatic hydroxyl groups is 6. The van der Waals surface area contributed by atoms with Crippen LogP contribution in [-0.2, 0) is 81.8 Å². The first kappa shape index (κ1) is 104. The summed E-state index contributed by atoms with van der Waals surface area (Å²) in [6.07, 6.45) is 3.04. The first-order chi connectivity index (χ1) is 61.0. The van der Waals surface area contributed by atoms with E-state index in [1.807, 2.05) is 142 Å². The zero-order chi connectivity index (χ0) is 98.3. The first-order valence-corrected chi connectivity index (χ1v) is 45.8. The maximum absolute atomic E-state index is 11.6. The monoisotopic (exact) mass is 1830 g/mol. The van der Waals surface area contributed by atoms with Gasteiger partial charge in [-0.25, -0.2) is 0 Å². The predicted molar refractivity (Wildman–Crippen MR) is 535 cm³/mol. The molecule has 0 unspecified atom stereocenters. The van der Waals surface area contributed by atoms with E-state index in [2.05, 4.69) is 233 Å². The summed E-state index contributed by atoms with van der Waals surface area (Å²) in [5.74, 6) is 1.25. The summed E-state index contributed by atoms with van der Waals surface area (Å²) in [6, 6.07) is 53.4. The van der Waals surface area contributed by atoms with Crippen molar-refractivity contribution in [3.05, 3.63) is 252 Å². The van der Waals surface area contributed by atoms with Crippen molar-refractivity contribution in [2.24, 2.45) is 5.41 Å². The molecule has 0 radical (unpaired) electrons. The van der Waals surface area contributed by atoms with Crippen molar-refractivity contribution in [2.75, 3.05) is 13.7 Å². The highest BCUT2D eigenvalue weighted by Crippen LogP contribution is 2.45. The van der Waals surface area contributed by atoms with Gasteiger partial charge in [0.1, 0.15) is 95.7 Å². The molecule has 10 aromatic carbocycles. The molecule has 0 fully saturated rings. The van der Waals surface area contributed by atoms with Crippen LogP contribution in [0.3, 0.4) is 0 Å². The topological polar surface area (TPSA) is 297 Å². The third-order valence-electron chi connectivity index (χ3n) is 22.4. The normalized spacial score (nSPS) is 12.2. The number of aryl methyl sites for hydroxylation is 4. The van der Waals surface area contributed by atoms with Crippen LogP contribution in [0, 0.1) is 19.3 Å². The van der Waals surface area contributed by atoms with Crippen LogP contribution in [0.2, 0.25) is 10.0 Å². The lowest BCUT2D eigenvalue weighted by molar-refractivity contribution is -0.143. The number of methoxy groups -OCH3 is 1. The van der Waals surface area contributed by atoms with Gasteiger partial charge < -0.3 is 40.1 Å². The van der Waals surface area contributed by atoms with Crippen LogP contribution in [0.25, 0.3) is 61.2 Å². The van der Waals surface area contributed by atoms with Crippen LogP contribution in [0.4, 0.5) is 0 Å². The number of phenols is 6. The Labute approximate surface area is 789 Å². The van der Waals surface area contributed by atoms with Gasteiger partial charge in [0, 0.05) is 39.6 Å². The number of hydrogen-bond donors (Lipinski definition) is 6. The number of benzene rings is 10. The van der Waals surface area contributed by atoms with Crippen molar-refractivity contribution in [3.8, 4) is 51.6 Å². The van der Waals surface area contributed by atoms with Gasteiger partial charge in [0.15, 0.2) is 0 Å². The molecule has 0 aliphatic rings. The molecular weight excluding hydrogens is 1700 g/mol. The second-order valence-electron chi connectivity index (χ2n) is 43.2. The van der Waals surface area contributed by atoms with Crippen LogP contribution >= 0.6 is 23.2 Å². The second kappa shape index (κ2) is 41.1. The van der Waals surface area contributed by atoms with Gasteiger partial charge >= 0.3 is 11.9 Å². The van der Waals surface area contributed by atoms with Crippen LogP contribution in [0.5, 0.6) is 34.5 Å². The van der Waals surface area contributed by atoms with E-state index >= 15 is 0 Å². The first-order valence-electron chi connectivity index (χ1n) is 45.0. The molecule has 4 aromatic heterocycles. The lowest BCUT2D eigenvalue weighted by Crippen LogP contribution is -2.25. The van der Waals surface area contributed by atoms with E-state index in [0.29, 0.717) is 88.5 Å². The van der Waals surface area contributed by atoms with Crippen LogP contribution in [0.15, 0.2) is 170 Å². The number of nitrogens with zero attached hydrogens (tertiary/aromatic N) is 12. The molecule has 0 saturated heterocycles. The van der Waals surface area contributed by atoms with Gasteiger partial charge in [0.05, 0.1) is 20.3 Å². The number of ether oxygens (including phenoxy) is 2. The second-order valence-corrected chi connectivity index (χ2v) is 44.1. The number of carbonyl (C=O) groups excluding carboxylic acids is 2. The van der Waals surface area contributed by atoms with Gasteiger partial charge in [0.2, 0.25) is 0 Å². The van der Waals surface area contributed by atoms with Gasteiger partial charge in [-0.2, -0.15) is 15.0 Å². The number of phenolic OH excluding ortho intramolecular Hbond substituents is 6. The van der Waals surface area contributed by atoms with E-state index in [1.54, 1.807) is 41.2 Å². The molecule has 4 heterocycles. The Kier molecular flexibility index (Phi) is 32.3. The molecule has 22 nitrogen and oxygen atoms in total. The molecule has 0 atom stereocenters.